The molecule has 0 unspecified atom stereocenters. The highest BCUT2D eigenvalue weighted by Gasteiger charge is 2.60. The zero-order chi connectivity index (χ0) is 14.9. The average molecular weight is 288 g/mol. The summed E-state index contributed by atoms with van der Waals surface area (Å²) < 4.78 is 25.8. The van der Waals surface area contributed by atoms with Crippen LogP contribution < -0.4 is 0 Å². The second-order valence-corrected chi connectivity index (χ2v) is 4.59. The van der Waals surface area contributed by atoms with Gasteiger partial charge in [0.25, 0.3) is 0 Å². The standard InChI is InChI=1S/C12H16O8/c1-5(13)16-4-8-9(17-6(2)14)10(18-7(3)15)11-12(19-8)20-11/h8-12H,4H2,1-3H3/t8-,9+,10+,11-,12-/m1/s1. The molecule has 5 atom stereocenters. The van der Waals surface area contributed by atoms with Gasteiger partial charge < -0.3 is 23.7 Å². The third-order valence-electron chi connectivity index (χ3n) is 2.86. The Morgan fingerprint density at radius 1 is 0.900 bits per heavy atom. The zero-order valence-electron chi connectivity index (χ0n) is 11.4. The molecular weight excluding hydrogens is 272 g/mol. The first-order valence-electron chi connectivity index (χ1n) is 6.17. The highest BCUT2D eigenvalue weighted by atomic mass is 16.8. The number of ether oxygens (including phenoxy) is 5. The summed E-state index contributed by atoms with van der Waals surface area (Å²) in [5, 5.41) is 0. The molecular formula is C12H16O8. The summed E-state index contributed by atoms with van der Waals surface area (Å²) >= 11 is 0. The van der Waals surface area contributed by atoms with Crippen LogP contribution in [-0.2, 0) is 38.1 Å². The molecule has 0 amide bonds. The average Bonchev–Trinajstić information content (AvgIpc) is 3.07. The van der Waals surface area contributed by atoms with Gasteiger partial charge in [-0.2, -0.15) is 0 Å². The molecule has 0 saturated carbocycles. The van der Waals surface area contributed by atoms with Gasteiger partial charge in [0.2, 0.25) is 0 Å². The molecule has 2 saturated heterocycles. The third-order valence-corrected chi connectivity index (χ3v) is 2.86. The Morgan fingerprint density at radius 3 is 2.05 bits per heavy atom. The number of carbonyl (C=O) groups excluding carboxylic acids is 3. The molecule has 2 heterocycles. The molecule has 0 aromatic carbocycles. The maximum Gasteiger partial charge on any atom is 0.303 e. The first-order valence-corrected chi connectivity index (χ1v) is 6.17. The monoisotopic (exact) mass is 288 g/mol. The van der Waals surface area contributed by atoms with Gasteiger partial charge in [-0.05, 0) is 0 Å². The van der Waals surface area contributed by atoms with E-state index in [4.69, 9.17) is 23.7 Å². The van der Waals surface area contributed by atoms with Crippen LogP contribution in [0.15, 0.2) is 0 Å². The molecule has 0 aromatic heterocycles. The van der Waals surface area contributed by atoms with Crippen LogP contribution in [0, 0.1) is 0 Å². The Labute approximate surface area is 115 Å². The Kier molecular flexibility index (Phi) is 4.24. The maximum atomic E-state index is 11.2. The number of hydrogen-bond donors (Lipinski definition) is 0. The fourth-order valence-electron chi connectivity index (χ4n) is 2.09. The molecule has 8 heteroatoms. The molecule has 20 heavy (non-hydrogen) atoms. The molecule has 2 rings (SSSR count). The fraction of sp³-hybridized carbons (Fsp3) is 0.750. The second kappa shape index (κ2) is 5.76. The van der Waals surface area contributed by atoms with Crippen molar-refractivity contribution in [2.75, 3.05) is 6.61 Å². The number of rotatable bonds is 4. The fourth-order valence-corrected chi connectivity index (χ4v) is 2.09. The van der Waals surface area contributed by atoms with Gasteiger partial charge in [0.05, 0.1) is 0 Å². The van der Waals surface area contributed by atoms with Crippen LogP contribution >= 0.6 is 0 Å². The molecule has 0 radical (unpaired) electrons. The van der Waals surface area contributed by atoms with Crippen LogP contribution in [0.2, 0.25) is 0 Å². The summed E-state index contributed by atoms with van der Waals surface area (Å²) in [5.74, 6) is -1.56. The maximum absolute atomic E-state index is 11.2. The molecule has 8 nitrogen and oxygen atoms in total. The van der Waals surface area contributed by atoms with Crippen molar-refractivity contribution >= 4 is 17.9 Å². The van der Waals surface area contributed by atoms with Gasteiger partial charge in [0.15, 0.2) is 24.6 Å². The minimum Gasteiger partial charge on any atom is -0.463 e. The van der Waals surface area contributed by atoms with Crippen LogP contribution in [0.1, 0.15) is 20.8 Å². The second-order valence-electron chi connectivity index (χ2n) is 4.59. The van der Waals surface area contributed by atoms with Gasteiger partial charge in [0, 0.05) is 20.8 Å². The van der Waals surface area contributed by atoms with Crippen LogP contribution in [0.5, 0.6) is 0 Å². The van der Waals surface area contributed by atoms with E-state index < -0.39 is 48.6 Å². The van der Waals surface area contributed by atoms with Gasteiger partial charge >= 0.3 is 17.9 Å². The number of esters is 3. The van der Waals surface area contributed by atoms with Crippen LogP contribution in [0.3, 0.4) is 0 Å². The molecule has 0 N–H and O–H groups in total. The van der Waals surface area contributed by atoms with E-state index in [2.05, 4.69) is 0 Å². The predicted octanol–water partition coefficient (Wildman–Crippen LogP) is -0.463. The summed E-state index contributed by atoms with van der Waals surface area (Å²) in [6, 6.07) is 0. The zero-order valence-corrected chi connectivity index (χ0v) is 11.4. The lowest BCUT2D eigenvalue weighted by Gasteiger charge is -2.33. The Morgan fingerprint density at radius 2 is 1.50 bits per heavy atom. The number of epoxide rings is 1. The van der Waals surface area contributed by atoms with Gasteiger partial charge in [-0.1, -0.05) is 0 Å². The minimum atomic E-state index is -0.875. The van der Waals surface area contributed by atoms with E-state index in [1.54, 1.807) is 0 Å². The normalized spacial score (nSPS) is 34.6. The van der Waals surface area contributed by atoms with Crippen molar-refractivity contribution in [3.63, 3.8) is 0 Å². The summed E-state index contributed by atoms with van der Waals surface area (Å²) in [4.78, 5) is 33.2. The van der Waals surface area contributed by atoms with Gasteiger partial charge in [-0.15, -0.1) is 0 Å². The van der Waals surface area contributed by atoms with E-state index in [0.717, 1.165) is 0 Å². The lowest BCUT2D eigenvalue weighted by molar-refractivity contribution is -0.197. The van der Waals surface area contributed by atoms with Crippen LogP contribution in [0.25, 0.3) is 0 Å². The van der Waals surface area contributed by atoms with E-state index in [0.29, 0.717) is 0 Å². The molecule has 2 fully saturated rings. The summed E-state index contributed by atoms with van der Waals surface area (Å²) in [6.45, 7) is 3.62. The van der Waals surface area contributed by atoms with Gasteiger partial charge in [-0.3, -0.25) is 14.4 Å². The first kappa shape index (κ1) is 14.7. The molecule has 0 spiro atoms. The third kappa shape index (κ3) is 3.45. The van der Waals surface area contributed by atoms with Crippen molar-refractivity contribution < 1.29 is 38.1 Å². The molecule has 2 aliphatic rings. The lowest BCUT2D eigenvalue weighted by Crippen LogP contribution is -2.53. The predicted molar refractivity (Wildman–Crippen MR) is 61.3 cm³/mol. The molecule has 0 aliphatic carbocycles. The molecule has 2 aliphatic heterocycles. The van der Waals surface area contributed by atoms with Crippen molar-refractivity contribution in [2.24, 2.45) is 0 Å². The highest BCUT2D eigenvalue weighted by Crippen LogP contribution is 2.38. The highest BCUT2D eigenvalue weighted by molar-refractivity contribution is 5.68. The van der Waals surface area contributed by atoms with Crippen molar-refractivity contribution in [3.05, 3.63) is 0 Å². The van der Waals surface area contributed by atoms with E-state index >= 15 is 0 Å². The smallest absolute Gasteiger partial charge is 0.303 e. The van der Waals surface area contributed by atoms with E-state index in [1.807, 2.05) is 0 Å². The largest absolute Gasteiger partial charge is 0.463 e. The SMILES string of the molecule is CC(=O)OC[C@H]1O[C@@H]2O[C@@H]2[C@@H](OC(C)=O)[C@H]1OC(C)=O. The van der Waals surface area contributed by atoms with Crippen LogP contribution in [-0.4, -0.2) is 55.2 Å². The number of hydrogen-bond acceptors (Lipinski definition) is 8. The van der Waals surface area contributed by atoms with Gasteiger partial charge in [-0.25, -0.2) is 0 Å². The first-order chi connectivity index (χ1) is 9.38. The van der Waals surface area contributed by atoms with Crippen molar-refractivity contribution in [3.8, 4) is 0 Å². The Bertz CT molecular complexity index is 420. The molecule has 112 valence electrons. The van der Waals surface area contributed by atoms with E-state index in [9.17, 15) is 14.4 Å². The molecule has 0 aromatic rings. The molecule has 0 bridgehead atoms. The van der Waals surface area contributed by atoms with Crippen molar-refractivity contribution in [1.29, 1.82) is 0 Å². The van der Waals surface area contributed by atoms with E-state index in [1.165, 1.54) is 20.8 Å². The number of fused-ring (bicyclic) bond motifs is 1. The van der Waals surface area contributed by atoms with Gasteiger partial charge in [0.1, 0.15) is 12.7 Å². The lowest BCUT2D eigenvalue weighted by atomic mass is 10.0. The quantitative estimate of drug-likeness (QED) is 0.389. The van der Waals surface area contributed by atoms with Crippen molar-refractivity contribution in [2.45, 2.75) is 51.5 Å². The summed E-state index contributed by atoms with van der Waals surface area (Å²) in [7, 11) is 0. The van der Waals surface area contributed by atoms with E-state index in [-0.39, 0.29) is 6.61 Å². The van der Waals surface area contributed by atoms with Crippen LogP contribution in [0.4, 0.5) is 0 Å². The number of carbonyl (C=O) groups is 3. The Hall–Kier alpha value is -1.67. The Balaban J connectivity index is 2.09. The van der Waals surface area contributed by atoms with Crippen molar-refractivity contribution in [1.82, 2.24) is 0 Å². The summed E-state index contributed by atoms with van der Waals surface area (Å²) in [6.07, 6.45) is -3.38. The summed E-state index contributed by atoms with van der Waals surface area (Å²) in [5.41, 5.74) is 0. The topological polar surface area (TPSA) is 101 Å². The minimum absolute atomic E-state index is 0.113.